The molecule has 7 nitrogen and oxygen atoms in total. The van der Waals surface area contributed by atoms with Gasteiger partial charge >= 0.3 is 5.97 Å². The number of carbonyl (C=O) groups excluding carboxylic acids is 1. The van der Waals surface area contributed by atoms with Crippen molar-refractivity contribution in [1.82, 2.24) is 4.98 Å². The Labute approximate surface area is 139 Å². The van der Waals surface area contributed by atoms with Crippen LogP contribution in [0.5, 0.6) is 17.2 Å². The highest BCUT2D eigenvalue weighted by molar-refractivity contribution is 5.87. The van der Waals surface area contributed by atoms with Gasteiger partial charge in [-0.05, 0) is 29.8 Å². The second-order valence-corrected chi connectivity index (χ2v) is 4.81. The number of phenols is 1. The van der Waals surface area contributed by atoms with Crippen molar-refractivity contribution in [1.29, 1.82) is 0 Å². The first-order valence-corrected chi connectivity index (χ1v) is 7.03. The van der Waals surface area contributed by atoms with Gasteiger partial charge in [0.15, 0.2) is 11.5 Å². The van der Waals surface area contributed by atoms with Gasteiger partial charge in [-0.15, -0.1) is 0 Å². The standard InChI is InChI=1S/C17H18N2O5/c1-22-13-7-11(8-14(23-2)17(13)21)4-6-16(20)24-10-12-3-5-15(18)19-9-12/h3-9,21H,10H2,1-2H3,(H2,18,19)/b6-4+. The largest absolute Gasteiger partial charge is 0.502 e. The maximum atomic E-state index is 11.8. The first-order chi connectivity index (χ1) is 11.5. The number of benzene rings is 1. The number of nitrogen functional groups attached to an aromatic ring is 1. The predicted octanol–water partition coefficient (Wildman–Crippen LogP) is 2.14. The van der Waals surface area contributed by atoms with E-state index < -0.39 is 5.97 Å². The monoisotopic (exact) mass is 330 g/mol. The number of ether oxygens (including phenoxy) is 3. The molecule has 0 bridgehead atoms. The zero-order chi connectivity index (χ0) is 17.5. The molecular formula is C17H18N2O5. The Morgan fingerprint density at radius 3 is 2.46 bits per heavy atom. The highest BCUT2D eigenvalue weighted by atomic mass is 16.5. The number of methoxy groups -OCH3 is 2. The van der Waals surface area contributed by atoms with Crippen molar-refractivity contribution in [3.05, 3.63) is 47.7 Å². The zero-order valence-corrected chi connectivity index (χ0v) is 13.4. The third-order valence-corrected chi connectivity index (χ3v) is 3.14. The van der Waals surface area contributed by atoms with Crippen LogP contribution < -0.4 is 15.2 Å². The Kier molecular flexibility index (Phi) is 5.62. The summed E-state index contributed by atoms with van der Waals surface area (Å²) < 4.78 is 15.2. The molecular weight excluding hydrogens is 312 g/mol. The summed E-state index contributed by atoms with van der Waals surface area (Å²) >= 11 is 0. The molecule has 0 fully saturated rings. The van der Waals surface area contributed by atoms with Gasteiger partial charge in [-0.2, -0.15) is 0 Å². The molecule has 1 heterocycles. The zero-order valence-electron chi connectivity index (χ0n) is 13.4. The number of aromatic hydroxyl groups is 1. The van der Waals surface area contributed by atoms with Crippen molar-refractivity contribution in [3.63, 3.8) is 0 Å². The molecule has 0 amide bonds. The van der Waals surface area contributed by atoms with Crippen molar-refractivity contribution in [2.24, 2.45) is 0 Å². The molecule has 2 aromatic rings. The van der Waals surface area contributed by atoms with Crippen molar-refractivity contribution in [2.45, 2.75) is 6.61 Å². The number of aromatic nitrogens is 1. The molecule has 1 aromatic heterocycles. The first kappa shape index (κ1) is 17.1. The normalized spacial score (nSPS) is 10.6. The van der Waals surface area contributed by atoms with Crippen LogP contribution in [-0.4, -0.2) is 30.3 Å². The van der Waals surface area contributed by atoms with E-state index in [1.807, 2.05) is 0 Å². The number of phenolic OH excluding ortho intramolecular Hbond substituents is 1. The van der Waals surface area contributed by atoms with Crippen molar-refractivity contribution < 1.29 is 24.1 Å². The van der Waals surface area contributed by atoms with Gasteiger partial charge in [0.2, 0.25) is 5.75 Å². The molecule has 126 valence electrons. The van der Waals surface area contributed by atoms with E-state index >= 15 is 0 Å². The molecule has 0 spiro atoms. The summed E-state index contributed by atoms with van der Waals surface area (Å²) in [6.45, 7) is 0.0959. The highest BCUT2D eigenvalue weighted by Gasteiger charge is 2.10. The van der Waals surface area contributed by atoms with Crippen LogP contribution in [0.4, 0.5) is 5.82 Å². The van der Waals surface area contributed by atoms with E-state index in [-0.39, 0.29) is 23.9 Å². The summed E-state index contributed by atoms with van der Waals surface area (Å²) in [5, 5.41) is 9.84. The summed E-state index contributed by atoms with van der Waals surface area (Å²) in [4.78, 5) is 15.7. The van der Waals surface area contributed by atoms with Crippen LogP contribution in [-0.2, 0) is 16.1 Å². The van der Waals surface area contributed by atoms with Crippen LogP contribution in [0.15, 0.2) is 36.5 Å². The van der Waals surface area contributed by atoms with Gasteiger partial charge in [0.25, 0.3) is 0 Å². The molecule has 0 aliphatic carbocycles. The van der Waals surface area contributed by atoms with Crippen LogP contribution in [0.1, 0.15) is 11.1 Å². The summed E-state index contributed by atoms with van der Waals surface area (Å²) in [6, 6.07) is 6.51. The average molecular weight is 330 g/mol. The second-order valence-electron chi connectivity index (χ2n) is 4.81. The molecule has 3 N–H and O–H groups in total. The van der Waals surface area contributed by atoms with E-state index in [2.05, 4.69) is 4.98 Å². The van der Waals surface area contributed by atoms with Crippen LogP contribution in [0, 0.1) is 0 Å². The molecule has 0 unspecified atom stereocenters. The van der Waals surface area contributed by atoms with Crippen LogP contribution in [0.25, 0.3) is 6.08 Å². The van der Waals surface area contributed by atoms with E-state index in [1.165, 1.54) is 26.4 Å². The minimum atomic E-state index is -0.516. The fourth-order valence-corrected chi connectivity index (χ4v) is 1.90. The molecule has 0 saturated carbocycles. The lowest BCUT2D eigenvalue weighted by molar-refractivity contribution is -0.138. The number of pyridine rings is 1. The molecule has 24 heavy (non-hydrogen) atoms. The SMILES string of the molecule is COc1cc(/C=C/C(=O)OCc2ccc(N)nc2)cc(OC)c1O. The summed E-state index contributed by atoms with van der Waals surface area (Å²) in [5.74, 6) is 0.277. The quantitative estimate of drug-likeness (QED) is 0.617. The van der Waals surface area contributed by atoms with Crippen molar-refractivity contribution in [2.75, 3.05) is 20.0 Å². The Morgan fingerprint density at radius 1 is 1.25 bits per heavy atom. The van der Waals surface area contributed by atoms with Crippen LogP contribution in [0.3, 0.4) is 0 Å². The van der Waals surface area contributed by atoms with Crippen LogP contribution >= 0.6 is 0 Å². The first-order valence-electron chi connectivity index (χ1n) is 7.03. The number of hydrogen-bond acceptors (Lipinski definition) is 7. The van der Waals surface area contributed by atoms with E-state index in [0.29, 0.717) is 11.4 Å². The molecule has 0 atom stereocenters. The van der Waals surface area contributed by atoms with Gasteiger partial charge in [0, 0.05) is 17.8 Å². The molecule has 0 aliphatic rings. The maximum Gasteiger partial charge on any atom is 0.331 e. The number of nitrogens with two attached hydrogens (primary N) is 1. The number of nitrogens with zero attached hydrogens (tertiary/aromatic N) is 1. The van der Waals surface area contributed by atoms with Gasteiger partial charge < -0.3 is 25.1 Å². The van der Waals surface area contributed by atoms with Gasteiger partial charge in [0.05, 0.1) is 14.2 Å². The molecule has 1 aromatic carbocycles. The van der Waals surface area contributed by atoms with Gasteiger partial charge in [-0.1, -0.05) is 6.07 Å². The average Bonchev–Trinajstić information content (AvgIpc) is 2.60. The molecule has 0 aliphatic heterocycles. The van der Waals surface area contributed by atoms with Crippen molar-refractivity contribution in [3.8, 4) is 17.2 Å². The van der Waals surface area contributed by atoms with Gasteiger partial charge in [-0.3, -0.25) is 0 Å². The molecule has 0 saturated heterocycles. The minimum absolute atomic E-state index is 0.0959. The highest BCUT2D eigenvalue weighted by Crippen LogP contribution is 2.37. The summed E-state index contributed by atoms with van der Waals surface area (Å²) in [7, 11) is 2.85. The number of hydrogen-bond donors (Lipinski definition) is 2. The molecule has 2 rings (SSSR count). The van der Waals surface area contributed by atoms with Gasteiger partial charge in [-0.25, -0.2) is 9.78 Å². The predicted molar refractivity (Wildman–Crippen MR) is 88.7 cm³/mol. The number of anilines is 1. The van der Waals surface area contributed by atoms with E-state index in [1.54, 1.807) is 30.5 Å². The lowest BCUT2D eigenvalue weighted by Gasteiger charge is -2.09. The Bertz CT molecular complexity index is 716. The Balaban J connectivity index is 2.01. The van der Waals surface area contributed by atoms with Crippen molar-refractivity contribution >= 4 is 17.9 Å². The third kappa shape index (κ3) is 4.39. The number of esters is 1. The third-order valence-electron chi connectivity index (χ3n) is 3.14. The number of carbonyl (C=O) groups is 1. The fourth-order valence-electron chi connectivity index (χ4n) is 1.90. The molecule has 7 heteroatoms. The maximum absolute atomic E-state index is 11.8. The van der Waals surface area contributed by atoms with E-state index in [4.69, 9.17) is 19.9 Å². The topological polar surface area (TPSA) is 104 Å². The Hall–Kier alpha value is -3.22. The Morgan fingerprint density at radius 2 is 1.92 bits per heavy atom. The lowest BCUT2D eigenvalue weighted by Crippen LogP contribution is -2.01. The van der Waals surface area contributed by atoms with E-state index in [0.717, 1.165) is 5.56 Å². The number of rotatable bonds is 6. The fraction of sp³-hybridized carbons (Fsp3) is 0.176. The summed E-state index contributed by atoms with van der Waals surface area (Å²) in [6.07, 6.45) is 4.35. The van der Waals surface area contributed by atoms with Gasteiger partial charge in [0.1, 0.15) is 12.4 Å². The molecule has 0 radical (unpaired) electrons. The lowest BCUT2D eigenvalue weighted by atomic mass is 10.1. The summed E-state index contributed by atoms with van der Waals surface area (Å²) in [5.41, 5.74) is 6.84. The smallest absolute Gasteiger partial charge is 0.331 e. The minimum Gasteiger partial charge on any atom is -0.502 e. The second kappa shape index (κ2) is 7.87. The van der Waals surface area contributed by atoms with Crippen LogP contribution in [0.2, 0.25) is 0 Å². The van der Waals surface area contributed by atoms with E-state index in [9.17, 15) is 9.90 Å².